The summed E-state index contributed by atoms with van der Waals surface area (Å²) in [5, 5.41) is 7.55. The standard InChI is InChI=1S/C17H27ClN4.HI/c1-4-8-20-17(19-3)21-11-14-7-9-22(12-14)16-10-15(18)6-5-13(16)2;/h5-6,10,14H,4,7-9,11-12H2,1-3H3,(H2,19,20,21);1H. The van der Waals surface area contributed by atoms with Gasteiger partial charge in [-0.25, -0.2) is 0 Å². The van der Waals surface area contributed by atoms with Gasteiger partial charge in [-0.3, -0.25) is 4.99 Å². The van der Waals surface area contributed by atoms with Crippen molar-refractivity contribution in [2.75, 3.05) is 38.1 Å². The van der Waals surface area contributed by atoms with Gasteiger partial charge in [0.2, 0.25) is 0 Å². The highest BCUT2D eigenvalue weighted by Crippen LogP contribution is 2.29. The number of guanidine groups is 1. The third-order valence-electron chi connectivity index (χ3n) is 4.12. The van der Waals surface area contributed by atoms with Gasteiger partial charge in [0.1, 0.15) is 0 Å². The highest BCUT2D eigenvalue weighted by atomic mass is 127. The topological polar surface area (TPSA) is 39.7 Å². The second-order valence-electron chi connectivity index (χ2n) is 5.91. The molecule has 1 unspecified atom stereocenters. The van der Waals surface area contributed by atoms with E-state index in [9.17, 15) is 0 Å². The summed E-state index contributed by atoms with van der Waals surface area (Å²) in [7, 11) is 1.82. The first-order valence-corrected chi connectivity index (χ1v) is 8.47. The Hall–Kier alpha value is -0.690. The Morgan fingerprint density at radius 2 is 2.17 bits per heavy atom. The molecule has 6 heteroatoms. The van der Waals surface area contributed by atoms with Gasteiger partial charge < -0.3 is 15.5 Å². The van der Waals surface area contributed by atoms with E-state index in [1.54, 1.807) is 0 Å². The zero-order valence-electron chi connectivity index (χ0n) is 14.2. The van der Waals surface area contributed by atoms with E-state index in [1.807, 2.05) is 13.1 Å². The molecule has 1 atom stereocenters. The summed E-state index contributed by atoms with van der Waals surface area (Å²) in [5.41, 5.74) is 2.56. The minimum atomic E-state index is 0. The molecule has 1 heterocycles. The molecular weight excluding hydrogens is 423 g/mol. The summed E-state index contributed by atoms with van der Waals surface area (Å²) in [5.74, 6) is 1.54. The van der Waals surface area contributed by atoms with Gasteiger partial charge >= 0.3 is 0 Å². The Morgan fingerprint density at radius 1 is 1.39 bits per heavy atom. The van der Waals surface area contributed by atoms with E-state index >= 15 is 0 Å². The second kappa shape index (κ2) is 10.2. The highest BCUT2D eigenvalue weighted by Gasteiger charge is 2.23. The lowest BCUT2D eigenvalue weighted by Crippen LogP contribution is -2.40. The highest BCUT2D eigenvalue weighted by molar-refractivity contribution is 14.0. The van der Waals surface area contributed by atoms with E-state index in [0.29, 0.717) is 5.92 Å². The van der Waals surface area contributed by atoms with Crippen LogP contribution in [0.2, 0.25) is 5.02 Å². The molecule has 1 saturated heterocycles. The summed E-state index contributed by atoms with van der Waals surface area (Å²) >= 11 is 6.14. The lowest BCUT2D eigenvalue weighted by Gasteiger charge is -2.21. The van der Waals surface area contributed by atoms with Crippen LogP contribution in [0.5, 0.6) is 0 Å². The van der Waals surface area contributed by atoms with E-state index in [-0.39, 0.29) is 24.0 Å². The molecule has 0 spiro atoms. The number of nitrogens with zero attached hydrogens (tertiary/aromatic N) is 2. The van der Waals surface area contributed by atoms with E-state index in [1.165, 1.54) is 17.7 Å². The van der Waals surface area contributed by atoms with E-state index in [0.717, 1.165) is 43.6 Å². The Balaban J connectivity index is 0.00000264. The normalized spacial score (nSPS) is 17.8. The predicted octanol–water partition coefficient (Wildman–Crippen LogP) is 3.67. The molecule has 0 aromatic heterocycles. The molecule has 2 rings (SSSR count). The summed E-state index contributed by atoms with van der Waals surface area (Å²) < 4.78 is 0. The van der Waals surface area contributed by atoms with Crippen molar-refractivity contribution in [3.8, 4) is 0 Å². The molecule has 0 amide bonds. The molecule has 1 fully saturated rings. The number of hydrogen-bond acceptors (Lipinski definition) is 2. The molecule has 130 valence electrons. The molecule has 0 radical (unpaired) electrons. The monoisotopic (exact) mass is 450 g/mol. The quantitative estimate of drug-likeness (QED) is 0.408. The van der Waals surface area contributed by atoms with Gasteiger partial charge in [-0.2, -0.15) is 0 Å². The lowest BCUT2D eigenvalue weighted by molar-refractivity contribution is 0.565. The van der Waals surface area contributed by atoms with Gasteiger partial charge in [0.25, 0.3) is 0 Å². The first kappa shape index (κ1) is 20.4. The third kappa shape index (κ3) is 6.03. The van der Waals surface area contributed by atoms with Crippen molar-refractivity contribution in [2.45, 2.75) is 26.7 Å². The van der Waals surface area contributed by atoms with E-state index in [2.05, 4.69) is 46.5 Å². The number of benzene rings is 1. The number of nitrogens with one attached hydrogen (secondary N) is 2. The zero-order chi connectivity index (χ0) is 15.9. The fourth-order valence-electron chi connectivity index (χ4n) is 2.85. The molecule has 1 aromatic rings. The molecule has 0 bridgehead atoms. The van der Waals surface area contributed by atoms with Crippen LogP contribution in [0, 0.1) is 12.8 Å². The van der Waals surface area contributed by atoms with Crippen LogP contribution >= 0.6 is 35.6 Å². The molecule has 1 aliphatic rings. The SMILES string of the molecule is CCCNC(=NC)NCC1CCN(c2cc(Cl)ccc2C)C1.I. The van der Waals surface area contributed by atoms with Crippen molar-refractivity contribution in [3.05, 3.63) is 28.8 Å². The number of anilines is 1. The Kier molecular flexibility index (Phi) is 9.06. The summed E-state index contributed by atoms with van der Waals surface area (Å²) in [4.78, 5) is 6.69. The minimum Gasteiger partial charge on any atom is -0.371 e. The van der Waals surface area contributed by atoms with Gasteiger partial charge in [-0.05, 0) is 43.4 Å². The number of aryl methyl sites for hydroxylation is 1. The van der Waals surface area contributed by atoms with Gasteiger partial charge in [0.15, 0.2) is 5.96 Å². The van der Waals surface area contributed by atoms with Crippen molar-refractivity contribution < 1.29 is 0 Å². The van der Waals surface area contributed by atoms with Gasteiger partial charge in [0.05, 0.1) is 0 Å². The molecular formula is C17H28ClIN4. The molecule has 0 aliphatic carbocycles. The maximum absolute atomic E-state index is 6.14. The Bertz CT molecular complexity index is 521. The third-order valence-corrected chi connectivity index (χ3v) is 4.36. The van der Waals surface area contributed by atoms with Crippen LogP contribution in [0.15, 0.2) is 23.2 Å². The van der Waals surface area contributed by atoms with Crippen molar-refractivity contribution in [1.29, 1.82) is 0 Å². The minimum absolute atomic E-state index is 0. The first-order chi connectivity index (χ1) is 10.6. The molecule has 23 heavy (non-hydrogen) atoms. The molecule has 1 aliphatic heterocycles. The maximum atomic E-state index is 6.14. The van der Waals surface area contributed by atoms with E-state index in [4.69, 9.17) is 11.6 Å². The predicted molar refractivity (Wildman–Crippen MR) is 112 cm³/mol. The molecule has 0 saturated carbocycles. The largest absolute Gasteiger partial charge is 0.371 e. The average molecular weight is 451 g/mol. The molecule has 1 aromatic carbocycles. The summed E-state index contributed by atoms with van der Waals surface area (Å²) in [6, 6.07) is 6.13. The Labute approximate surface area is 162 Å². The maximum Gasteiger partial charge on any atom is 0.190 e. The van der Waals surface area contributed by atoms with Crippen molar-refractivity contribution in [2.24, 2.45) is 10.9 Å². The number of halogens is 2. The fraction of sp³-hybridized carbons (Fsp3) is 0.588. The Morgan fingerprint density at radius 3 is 2.87 bits per heavy atom. The van der Waals surface area contributed by atoms with Gasteiger partial charge in [-0.15, -0.1) is 24.0 Å². The zero-order valence-corrected chi connectivity index (χ0v) is 17.3. The number of aliphatic imine (C=N–C) groups is 1. The van der Waals surface area contributed by atoms with Crippen LogP contribution in [0.1, 0.15) is 25.3 Å². The number of rotatable bonds is 5. The molecule has 2 N–H and O–H groups in total. The van der Waals surface area contributed by atoms with Crippen LogP contribution in [0.25, 0.3) is 0 Å². The van der Waals surface area contributed by atoms with Crippen LogP contribution in [-0.2, 0) is 0 Å². The fourth-order valence-corrected chi connectivity index (χ4v) is 3.01. The summed E-state index contributed by atoms with van der Waals surface area (Å²) in [6.45, 7) is 8.38. The van der Waals surface area contributed by atoms with Gasteiger partial charge in [-0.1, -0.05) is 24.6 Å². The van der Waals surface area contributed by atoms with Crippen LogP contribution in [0.4, 0.5) is 5.69 Å². The van der Waals surface area contributed by atoms with Crippen molar-refractivity contribution >= 4 is 47.2 Å². The van der Waals surface area contributed by atoms with E-state index < -0.39 is 0 Å². The van der Waals surface area contributed by atoms with Gasteiger partial charge in [0, 0.05) is 43.9 Å². The average Bonchev–Trinajstić information content (AvgIpc) is 2.98. The summed E-state index contributed by atoms with van der Waals surface area (Å²) in [6.07, 6.45) is 2.30. The van der Waals surface area contributed by atoms with Crippen molar-refractivity contribution in [1.82, 2.24) is 10.6 Å². The smallest absolute Gasteiger partial charge is 0.190 e. The van der Waals surface area contributed by atoms with Crippen molar-refractivity contribution in [3.63, 3.8) is 0 Å². The van der Waals surface area contributed by atoms with Crippen LogP contribution in [-0.4, -0.2) is 39.2 Å². The number of hydrogen-bond donors (Lipinski definition) is 2. The first-order valence-electron chi connectivity index (χ1n) is 8.09. The second-order valence-corrected chi connectivity index (χ2v) is 6.35. The van der Waals surface area contributed by atoms with Crippen LogP contribution in [0.3, 0.4) is 0 Å². The lowest BCUT2D eigenvalue weighted by atomic mass is 10.1. The molecule has 4 nitrogen and oxygen atoms in total. The van der Waals surface area contributed by atoms with Crippen LogP contribution < -0.4 is 15.5 Å².